The van der Waals surface area contributed by atoms with E-state index in [0.717, 1.165) is 12.8 Å². The first kappa shape index (κ1) is 31.6. The van der Waals surface area contributed by atoms with Crippen molar-refractivity contribution in [2.75, 3.05) is 73.1 Å². The molecule has 0 aromatic rings. The second-order valence-corrected chi connectivity index (χ2v) is 8.74. The highest BCUT2D eigenvalue weighted by Crippen LogP contribution is 2.09. The standard InChI is InChI=1S/C24H47NO8/c1-6-7-8-9-10-11-22(26)32-21-20-31-19-18-30-17-16-29-15-14-28-13-12-25(5)23(27)33-24(2,3)4/h6-21H2,1-5H3. The van der Waals surface area contributed by atoms with Crippen LogP contribution in [0.1, 0.15) is 66.2 Å². The van der Waals surface area contributed by atoms with Gasteiger partial charge in [0.2, 0.25) is 0 Å². The second-order valence-electron chi connectivity index (χ2n) is 8.74. The first-order valence-corrected chi connectivity index (χ1v) is 12.2. The molecule has 0 atom stereocenters. The molecule has 0 N–H and O–H groups in total. The van der Waals surface area contributed by atoms with Gasteiger partial charge in [0, 0.05) is 20.0 Å². The molecule has 0 aliphatic rings. The molecule has 0 saturated heterocycles. The number of carbonyl (C=O) groups is 2. The summed E-state index contributed by atoms with van der Waals surface area (Å²) in [5, 5.41) is 0. The summed E-state index contributed by atoms with van der Waals surface area (Å²) < 4.78 is 32.1. The van der Waals surface area contributed by atoms with Crippen LogP contribution in [0.15, 0.2) is 0 Å². The molecule has 0 spiro atoms. The van der Waals surface area contributed by atoms with Gasteiger partial charge in [0.1, 0.15) is 12.2 Å². The predicted molar refractivity (Wildman–Crippen MR) is 126 cm³/mol. The minimum Gasteiger partial charge on any atom is -0.463 e. The van der Waals surface area contributed by atoms with Gasteiger partial charge in [-0.2, -0.15) is 0 Å². The highest BCUT2D eigenvalue weighted by molar-refractivity contribution is 5.69. The molecule has 0 aliphatic carbocycles. The summed E-state index contributed by atoms with van der Waals surface area (Å²) in [5.74, 6) is -0.150. The summed E-state index contributed by atoms with van der Waals surface area (Å²) in [4.78, 5) is 24.8. The molecule has 0 aliphatic heterocycles. The molecule has 0 fully saturated rings. The molecule has 9 nitrogen and oxygen atoms in total. The number of rotatable bonds is 21. The van der Waals surface area contributed by atoms with Gasteiger partial charge in [-0.15, -0.1) is 0 Å². The number of nitrogens with zero attached hydrogens (tertiary/aromatic N) is 1. The molecular formula is C24H47NO8. The van der Waals surface area contributed by atoms with E-state index in [9.17, 15) is 9.59 Å². The quantitative estimate of drug-likeness (QED) is 0.182. The van der Waals surface area contributed by atoms with Gasteiger partial charge in [0.25, 0.3) is 0 Å². The Morgan fingerprint density at radius 3 is 1.70 bits per heavy atom. The van der Waals surface area contributed by atoms with E-state index in [1.54, 1.807) is 7.05 Å². The van der Waals surface area contributed by atoms with Crippen molar-refractivity contribution in [3.63, 3.8) is 0 Å². The third-order valence-corrected chi connectivity index (χ3v) is 4.37. The van der Waals surface area contributed by atoms with Gasteiger partial charge in [-0.05, 0) is 27.2 Å². The summed E-state index contributed by atoms with van der Waals surface area (Å²) >= 11 is 0. The van der Waals surface area contributed by atoms with E-state index in [1.807, 2.05) is 20.8 Å². The van der Waals surface area contributed by atoms with Crippen molar-refractivity contribution in [1.82, 2.24) is 4.90 Å². The summed E-state index contributed by atoms with van der Waals surface area (Å²) in [6, 6.07) is 0. The van der Waals surface area contributed by atoms with E-state index >= 15 is 0 Å². The lowest BCUT2D eigenvalue weighted by Gasteiger charge is -2.24. The third-order valence-electron chi connectivity index (χ3n) is 4.37. The SMILES string of the molecule is CCCCCCCC(=O)OCCOCCOCCOCCOCCN(C)C(=O)OC(C)(C)C. The van der Waals surface area contributed by atoms with Crippen LogP contribution in [-0.2, 0) is 33.2 Å². The molecule has 0 saturated carbocycles. The molecule has 0 unspecified atom stereocenters. The minimum absolute atomic E-state index is 0.150. The molecule has 33 heavy (non-hydrogen) atoms. The van der Waals surface area contributed by atoms with Gasteiger partial charge in [0.15, 0.2) is 0 Å². The fraction of sp³-hybridized carbons (Fsp3) is 0.917. The fourth-order valence-electron chi connectivity index (χ4n) is 2.55. The molecule has 0 aromatic heterocycles. The maximum Gasteiger partial charge on any atom is 0.410 e. The number of hydrogen-bond acceptors (Lipinski definition) is 8. The molecule has 0 bridgehead atoms. The Labute approximate surface area is 200 Å². The monoisotopic (exact) mass is 477 g/mol. The van der Waals surface area contributed by atoms with Gasteiger partial charge in [-0.1, -0.05) is 32.6 Å². The normalized spacial score (nSPS) is 11.4. The van der Waals surface area contributed by atoms with Crippen LogP contribution in [0.3, 0.4) is 0 Å². The van der Waals surface area contributed by atoms with Crippen LogP contribution in [0.5, 0.6) is 0 Å². The Morgan fingerprint density at radius 1 is 0.697 bits per heavy atom. The van der Waals surface area contributed by atoms with Crippen LogP contribution in [0, 0.1) is 0 Å². The number of hydrogen-bond donors (Lipinski definition) is 0. The van der Waals surface area contributed by atoms with E-state index in [0.29, 0.717) is 65.8 Å². The fourth-order valence-corrected chi connectivity index (χ4v) is 2.55. The average molecular weight is 478 g/mol. The number of esters is 1. The zero-order valence-electron chi connectivity index (χ0n) is 21.5. The lowest BCUT2D eigenvalue weighted by atomic mass is 10.1. The van der Waals surface area contributed by atoms with E-state index in [2.05, 4.69) is 6.92 Å². The Hall–Kier alpha value is -1.42. The van der Waals surface area contributed by atoms with E-state index in [1.165, 1.54) is 24.2 Å². The second kappa shape index (κ2) is 21.1. The van der Waals surface area contributed by atoms with Gasteiger partial charge < -0.3 is 33.3 Å². The molecule has 0 heterocycles. The maximum absolute atomic E-state index is 11.8. The van der Waals surface area contributed by atoms with E-state index in [-0.39, 0.29) is 18.7 Å². The molecule has 0 aromatic carbocycles. The number of ether oxygens (including phenoxy) is 6. The van der Waals surface area contributed by atoms with Crippen molar-refractivity contribution in [2.45, 2.75) is 71.8 Å². The molecule has 9 heteroatoms. The molecule has 1 amide bonds. The molecule has 196 valence electrons. The van der Waals surface area contributed by atoms with Crippen molar-refractivity contribution in [1.29, 1.82) is 0 Å². The van der Waals surface area contributed by atoms with Crippen LogP contribution >= 0.6 is 0 Å². The lowest BCUT2D eigenvalue weighted by Crippen LogP contribution is -2.36. The topological polar surface area (TPSA) is 92.8 Å². The van der Waals surface area contributed by atoms with Crippen molar-refractivity contribution >= 4 is 12.1 Å². The van der Waals surface area contributed by atoms with Gasteiger partial charge in [-0.25, -0.2) is 4.79 Å². The van der Waals surface area contributed by atoms with E-state index in [4.69, 9.17) is 28.4 Å². The van der Waals surface area contributed by atoms with E-state index < -0.39 is 5.60 Å². The summed E-state index contributed by atoms with van der Waals surface area (Å²) in [7, 11) is 1.68. The lowest BCUT2D eigenvalue weighted by molar-refractivity contribution is -0.145. The Morgan fingerprint density at radius 2 is 1.18 bits per heavy atom. The molecular weight excluding hydrogens is 430 g/mol. The highest BCUT2D eigenvalue weighted by atomic mass is 16.6. The highest BCUT2D eigenvalue weighted by Gasteiger charge is 2.19. The largest absolute Gasteiger partial charge is 0.463 e. The van der Waals surface area contributed by atoms with Crippen LogP contribution in [-0.4, -0.2) is 95.6 Å². The average Bonchev–Trinajstić information content (AvgIpc) is 2.74. The van der Waals surface area contributed by atoms with Gasteiger partial charge in [-0.3, -0.25) is 4.79 Å². The minimum atomic E-state index is -0.504. The van der Waals surface area contributed by atoms with Crippen LogP contribution in [0.25, 0.3) is 0 Å². The Bertz CT molecular complexity index is 482. The number of carbonyl (C=O) groups excluding carboxylic acids is 2. The number of unbranched alkanes of at least 4 members (excludes halogenated alkanes) is 4. The summed E-state index contributed by atoms with van der Waals surface area (Å²) in [6.45, 7) is 12.0. The predicted octanol–water partition coefficient (Wildman–Crippen LogP) is 3.82. The summed E-state index contributed by atoms with van der Waals surface area (Å²) in [6.07, 6.45) is 5.71. The van der Waals surface area contributed by atoms with Crippen molar-refractivity contribution < 1.29 is 38.0 Å². The van der Waals surface area contributed by atoms with Crippen molar-refractivity contribution in [2.24, 2.45) is 0 Å². The van der Waals surface area contributed by atoms with Crippen LogP contribution in [0.4, 0.5) is 4.79 Å². The zero-order valence-corrected chi connectivity index (χ0v) is 21.5. The van der Waals surface area contributed by atoms with Crippen LogP contribution in [0.2, 0.25) is 0 Å². The first-order chi connectivity index (χ1) is 15.8. The van der Waals surface area contributed by atoms with Crippen LogP contribution < -0.4 is 0 Å². The number of amides is 1. The first-order valence-electron chi connectivity index (χ1n) is 12.2. The van der Waals surface area contributed by atoms with Gasteiger partial charge in [0.05, 0.1) is 52.9 Å². The maximum atomic E-state index is 11.8. The summed E-state index contributed by atoms with van der Waals surface area (Å²) in [5.41, 5.74) is -0.504. The van der Waals surface area contributed by atoms with Crippen molar-refractivity contribution in [3.8, 4) is 0 Å². The third kappa shape index (κ3) is 23.5. The van der Waals surface area contributed by atoms with Crippen molar-refractivity contribution in [3.05, 3.63) is 0 Å². The zero-order chi connectivity index (χ0) is 24.8. The Kier molecular flexibility index (Phi) is 20.2. The van der Waals surface area contributed by atoms with Gasteiger partial charge >= 0.3 is 12.1 Å². The molecule has 0 radical (unpaired) electrons. The Balaban J connectivity index is 3.30. The number of likely N-dealkylation sites (N-methyl/N-ethyl adjacent to an activating group) is 1. The molecule has 0 rings (SSSR count). The smallest absolute Gasteiger partial charge is 0.410 e.